The molecule has 142 valence electrons. The Morgan fingerprint density at radius 2 is 1.46 bits per heavy atom. The van der Waals surface area contributed by atoms with Crippen molar-refractivity contribution in [3.8, 4) is 11.5 Å². The number of rotatable bonds is 6. The molecule has 0 saturated heterocycles. The molecule has 0 fully saturated rings. The summed E-state index contributed by atoms with van der Waals surface area (Å²) in [6, 6.07) is 12.2. The van der Waals surface area contributed by atoms with E-state index in [1.807, 2.05) is 0 Å². The smallest absolute Gasteiger partial charge is 0.233 e. The van der Waals surface area contributed by atoms with Gasteiger partial charge in [0, 0.05) is 29.8 Å². The summed E-state index contributed by atoms with van der Waals surface area (Å²) in [7, 11) is 0. The zero-order valence-electron chi connectivity index (χ0n) is 14.5. The molecule has 28 heavy (non-hydrogen) atoms. The minimum absolute atomic E-state index is 0.0155. The second kappa shape index (κ2) is 8.72. The van der Waals surface area contributed by atoms with E-state index in [9.17, 15) is 18.4 Å². The standard InChI is InChI=1S/C20H15F2N3O3/c21-13-1-3-14(4-2-13)24-19(26)12-20(27)25-15-5-6-18(17(22)11-15)28-16-7-9-23-10-8-16/h1-11H,12H2,(H,24,26)(H,25,27). The average Bonchev–Trinajstić information content (AvgIpc) is 2.66. The zero-order valence-corrected chi connectivity index (χ0v) is 14.5. The van der Waals surface area contributed by atoms with E-state index in [1.165, 1.54) is 48.8 Å². The van der Waals surface area contributed by atoms with E-state index in [-0.39, 0.29) is 11.4 Å². The highest BCUT2D eigenvalue weighted by Gasteiger charge is 2.12. The van der Waals surface area contributed by atoms with Crippen LogP contribution in [0.5, 0.6) is 11.5 Å². The van der Waals surface area contributed by atoms with Crippen molar-refractivity contribution in [3.05, 3.63) is 78.6 Å². The van der Waals surface area contributed by atoms with Gasteiger partial charge >= 0.3 is 0 Å². The number of pyridine rings is 1. The van der Waals surface area contributed by atoms with E-state index >= 15 is 0 Å². The van der Waals surface area contributed by atoms with E-state index in [2.05, 4.69) is 15.6 Å². The van der Waals surface area contributed by atoms with Gasteiger partial charge < -0.3 is 15.4 Å². The molecule has 0 aliphatic rings. The normalized spacial score (nSPS) is 10.2. The monoisotopic (exact) mass is 383 g/mol. The van der Waals surface area contributed by atoms with Gasteiger partial charge in [-0.1, -0.05) is 0 Å². The summed E-state index contributed by atoms with van der Waals surface area (Å²) in [6.45, 7) is 0. The van der Waals surface area contributed by atoms with Crippen LogP contribution >= 0.6 is 0 Å². The predicted octanol–water partition coefficient (Wildman–Crippen LogP) is 4.12. The van der Waals surface area contributed by atoms with Crippen LogP contribution in [0.4, 0.5) is 20.2 Å². The molecular formula is C20H15F2N3O3. The molecular weight excluding hydrogens is 368 g/mol. The molecule has 0 atom stereocenters. The molecule has 8 heteroatoms. The number of hydrogen-bond acceptors (Lipinski definition) is 4. The van der Waals surface area contributed by atoms with E-state index in [1.54, 1.807) is 12.1 Å². The highest BCUT2D eigenvalue weighted by molar-refractivity contribution is 6.08. The Balaban J connectivity index is 1.55. The largest absolute Gasteiger partial charge is 0.454 e. The van der Waals surface area contributed by atoms with Crippen LogP contribution in [0.25, 0.3) is 0 Å². The zero-order chi connectivity index (χ0) is 19.9. The summed E-state index contributed by atoms with van der Waals surface area (Å²) >= 11 is 0. The van der Waals surface area contributed by atoms with Crippen LogP contribution < -0.4 is 15.4 Å². The van der Waals surface area contributed by atoms with E-state index in [0.717, 1.165) is 6.07 Å². The van der Waals surface area contributed by atoms with Crippen molar-refractivity contribution in [1.82, 2.24) is 4.98 Å². The molecule has 2 N–H and O–H groups in total. The number of amides is 2. The maximum Gasteiger partial charge on any atom is 0.233 e. The number of nitrogens with one attached hydrogen (secondary N) is 2. The molecule has 3 aromatic rings. The molecule has 0 aliphatic heterocycles. The summed E-state index contributed by atoms with van der Waals surface area (Å²) in [6.07, 6.45) is 2.55. The third kappa shape index (κ3) is 5.34. The summed E-state index contributed by atoms with van der Waals surface area (Å²) in [4.78, 5) is 27.7. The van der Waals surface area contributed by atoms with Gasteiger partial charge in [0.2, 0.25) is 11.8 Å². The van der Waals surface area contributed by atoms with E-state index < -0.39 is 29.9 Å². The fraction of sp³-hybridized carbons (Fsp3) is 0.0500. The summed E-state index contributed by atoms with van der Waals surface area (Å²) in [5.74, 6) is -1.91. The number of carbonyl (C=O) groups is 2. The minimum Gasteiger partial charge on any atom is -0.454 e. The van der Waals surface area contributed by atoms with Crippen LogP contribution in [-0.4, -0.2) is 16.8 Å². The number of ether oxygens (including phenoxy) is 1. The first-order valence-electron chi connectivity index (χ1n) is 8.22. The third-order valence-electron chi connectivity index (χ3n) is 3.54. The van der Waals surface area contributed by atoms with Gasteiger partial charge in [-0.15, -0.1) is 0 Å². The van der Waals surface area contributed by atoms with Gasteiger partial charge in [-0.2, -0.15) is 0 Å². The molecule has 0 saturated carbocycles. The second-order valence-corrected chi connectivity index (χ2v) is 5.71. The van der Waals surface area contributed by atoms with Crippen molar-refractivity contribution >= 4 is 23.2 Å². The van der Waals surface area contributed by atoms with E-state index in [4.69, 9.17) is 4.74 Å². The first-order chi connectivity index (χ1) is 13.5. The number of anilines is 2. The maximum absolute atomic E-state index is 14.2. The Morgan fingerprint density at radius 3 is 2.11 bits per heavy atom. The third-order valence-corrected chi connectivity index (χ3v) is 3.54. The van der Waals surface area contributed by atoms with Crippen molar-refractivity contribution in [2.45, 2.75) is 6.42 Å². The minimum atomic E-state index is -0.676. The molecule has 0 spiro atoms. The summed E-state index contributed by atoms with van der Waals surface area (Å²) in [5, 5.41) is 4.90. The van der Waals surface area contributed by atoms with Crippen LogP contribution in [0.15, 0.2) is 67.0 Å². The number of nitrogens with zero attached hydrogens (tertiary/aromatic N) is 1. The van der Waals surface area contributed by atoms with Crippen molar-refractivity contribution < 1.29 is 23.1 Å². The highest BCUT2D eigenvalue weighted by atomic mass is 19.1. The molecule has 1 aromatic heterocycles. The lowest BCUT2D eigenvalue weighted by molar-refractivity contribution is -0.123. The molecule has 2 amide bonds. The van der Waals surface area contributed by atoms with Crippen LogP contribution in [0, 0.1) is 11.6 Å². The highest BCUT2D eigenvalue weighted by Crippen LogP contribution is 2.26. The van der Waals surface area contributed by atoms with Crippen LogP contribution in [0.3, 0.4) is 0 Å². The van der Waals surface area contributed by atoms with Gasteiger partial charge in [-0.05, 0) is 48.5 Å². The Hall–Kier alpha value is -3.81. The lowest BCUT2D eigenvalue weighted by Crippen LogP contribution is -2.21. The summed E-state index contributed by atoms with van der Waals surface area (Å²) in [5.41, 5.74) is 0.544. The van der Waals surface area contributed by atoms with Crippen LogP contribution in [0.2, 0.25) is 0 Å². The quantitative estimate of drug-likeness (QED) is 0.628. The van der Waals surface area contributed by atoms with Crippen LogP contribution in [0.1, 0.15) is 6.42 Å². The fourth-order valence-corrected chi connectivity index (χ4v) is 2.28. The summed E-state index contributed by atoms with van der Waals surface area (Å²) < 4.78 is 32.4. The van der Waals surface area contributed by atoms with Crippen LogP contribution in [-0.2, 0) is 9.59 Å². The molecule has 0 aliphatic carbocycles. The van der Waals surface area contributed by atoms with Gasteiger partial charge in [-0.3, -0.25) is 14.6 Å². The molecule has 2 aromatic carbocycles. The van der Waals surface area contributed by atoms with Crippen molar-refractivity contribution in [1.29, 1.82) is 0 Å². The topological polar surface area (TPSA) is 80.3 Å². The maximum atomic E-state index is 14.2. The molecule has 3 rings (SSSR count). The van der Waals surface area contributed by atoms with Gasteiger partial charge in [-0.25, -0.2) is 8.78 Å². The predicted molar refractivity (Wildman–Crippen MR) is 99.0 cm³/mol. The Kier molecular flexibility index (Phi) is 5.91. The lowest BCUT2D eigenvalue weighted by Gasteiger charge is -2.09. The number of hydrogen-bond donors (Lipinski definition) is 2. The Morgan fingerprint density at radius 1 is 0.857 bits per heavy atom. The molecule has 0 radical (unpaired) electrons. The number of carbonyl (C=O) groups excluding carboxylic acids is 2. The Bertz CT molecular complexity index is 980. The first kappa shape index (κ1) is 19.0. The van der Waals surface area contributed by atoms with E-state index in [0.29, 0.717) is 11.4 Å². The number of aromatic nitrogens is 1. The fourth-order valence-electron chi connectivity index (χ4n) is 2.28. The average molecular weight is 383 g/mol. The molecule has 0 unspecified atom stereocenters. The SMILES string of the molecule is O=C(CC(=O)Nc1ccc(Oc2ccncc2)c(F)c1)Nc1ccc(F)cc1. The van der Waals surface area contributed by atoms with Crippen molar-refractivity contribution in [2.24, 2.45) is 0 Å². The number of halogens is 2. The molecule has 0 bridgehead atoms. The molecule has 1 heterocycles. The first-order valence-corrected chi connectivity index (χ1v) is 8.22. The Labute approximate surface area is 159 Å². The van der Waals surface area contributed by atoms with Crippen molar-refractivity contribution in [2.75, 3.05) is 10.6 Å². The van der Waals surface area contributed by atoms with Crippen molar-refractivity contribution in [3.63, 3.8) is 0 Å². The number of benzene rings is 2. The van der Waals surface area contributed by atoms with Gasteiger partial charge in [0.1, 0.15) is 18.0 Å². The molecule has 6 nitrogen and oxygen atoms in total. The van der Waals surface area contributed by atoms with Gasteiger partial charge in [0.25, 0.3) is 0 Å². The van der Waals surface area contributed by atoms with Gasteiger partial charge in [0.05, 0.1) is 0 Å². The van der Waals surface area contributed by atoms with Gasteiger partial charge in [0.15, 0.2) is 11.6 Å². The lowest BCUT2D eigenvalue weighted by atomic mass is 10.2. The second-order valence-electron chi connectivity index (χ2n) is 5.71.